The summed E-state index contributed by atoms with van der Waals surface area (Å²) in [5.74, 6) is 0.501. The number of nitrogens with one attached hydrogen (secondary N) is 1. The van der Waals surface area contributed by atoms with Crippen LogP contribution in [0.3, 0.4) is 0 Å². The van der Waals surface area contributed by atoms with Crippen molar-refractivity contribution in [1.82, 2.24) is 0 Å². The Balaban J connectivity index is 2.30. The maximum atomic E-state index is 12.8. The standard InChI is InChI=1S/C21H27NO2/c1-6-17(15-10-8-7-9-11-15)20(23)22-18-14-16(21(2,3)4)12-13-19(18)24-5/h7-14,17H,6H2,1-5H3,(H,22,23). The minimum Gasteiger partial charge on any atom is -0.495 e. The van der Waals surface area contributed by atoms with Crippen LogP contribution in [-0.2, 0) is 10.2 Å². The number of carbonyl (C=O) groups is 1. The molecule has 0 aromatic heterocycles. The number of amides is 1. The molecule has 0 spiro atoms. The van der Waals surface area contributed by atoms with E-state index in [0.717, 1.165) is 23.2 Å². The Hall–Kier alpha value is -2.29. The minimum atomic E-state index is -0.172. The Kier molecular flexibility index (Phi) is 5.66. The zero-order chi connectivity index (χ0) is 17.7. The van der Waals surface area contributed by atoms with E-state index < -0.39 is 0 Å². The number of hydrogen-bond acceptors (Lipinski definition) is 2. The van der Waals surface area contributed by atoms with Gasteiger partial charge in [-0.05, 0) is 35.1 Å². The lowest BCUT2D eigenvalue weighted by atomic mass is 9.86. The third kappa shape index (κ3) is 4.16. The number of rotatable bonds is 5. The van der Waals surface area contributed by atoms with Gasteiger partial charge < -0.3 is 10.1 Å². The molecule has 0 aliphatic heterocycles. The molecule has 3 heteroatoms. The molecule has 2 rings (SSSR count). The van der Waals surface area contributed by atoms with Gasteiger partial charge in [-0.1, -0.05) is 64.1 Å². The highest BCUT2D eigenvalue weighted by Gasteiger charge is 2.21. The summed E-state index contributed by atoms with van der Waals surface area (Å²) in [4.78, 5) is 12.8. The van der Waals surface area contributed by atoms with Gasteiger partial charge in [0.05, 0.1) is 18.7 Å². The van der Waals surface area contributed by atoms with Gasteiger partial charge in [0.15, 0.2) is 0 Å². The second kappa shape index (κ2) is 7.52. The maximum absolute atomic E-state index is 12.8. The van der Waals surface area contributed by atoms with Crippen LogP contribution in [-0.4, -0.2) is 13.0 Å². The molecule has 24 heavy (non-hydrogen) atoms. The van der Waals surface area contributed by atoms with Crippen molar-refractivity contribution in [2.75, 3.05) is 12.4 Å². The van der Waals surface area contributed by atoms with Crippen molar-refractivity contribution in [2.24, 2.45) is 0 Å². The van der Waals surface area contributed by atoms with Crippen LogP contribution in [0.2, 0.25) is 0 Å². The quantitative estimate of drug-likeness (QED) is 0.828. The van der Waals surface area contributed by atoms with Gasteiger partial charge in [0.2, 0.25) is 5.91 Å². The second-order valence-electron chi connectivity index (χ2n) is 7.03. The highest BCUT2D eigenvalue weighted by atomic mass is 16.5. The number of methoxy groups -OCH3 is 1. The van der Waals surface area contributed by atoms with Crippen LogP contribution in [0, 0.1) is 0 Å². The lowest BCUT2D eigenvalue weighted by molar-refractivity contribution is -0.117. The monoisotopic (exact) mass is 325 g/mol. The van der Waals surface area contributed by atoms with Crippen molar-refractivity contribution < 1.29 is 9.53 Å². The van der Waals surface area contributed by atoms with E-state index in [1.165, 1.54) is 0 Å². The summed E-state index contributed by atoms with van der Waals surface area (Å²) in [5.41, 5.74) is 2.93. The average Bonchev–Trinajstić information content (AvgIpc) is 2.55. The molecule has 1 N–H and O–H groups in total. The highest BCUT2D eigenvalue weighted by molar-refractivity contribution is 5.97. The topological polar surface area (TPSA) is 38.3 Å². The third-order valence-electron chi connectivity index (χ3n) is 4.25. The van der Waals surface area contributed by atoms with E-state index in [1.54, 1.807) is 7.11 Å². The summed E-state index contributed by atoms with van der Waals surface area (Å²) in [5, 5.41) is 3.06. The van der Waals surface area contributed by atoms with Crippen molar-refractivity contribution in [3.63, 3.8) is 0 Å². The molecule has 0 saturated carbocycles. The Morgan fingerprint density at radius 3 is 2.33 bits per heavy atom. The molecule has 0 fully saturated rings. The predicted molar refractivity (Wildman–Crippen MR) is 99.8 cm³/mol. The van der Waals surface area contributed by atoms with Gasteiger partial charge in [0.1, 0.15) is 5.75 Å². The molecule has 1 amide bonds. The van der Waals surface area contributed by atoms with E-state index >= 15 is 0 Å². The second-order valence-corrected chi connectivity index (χ2v) is 7.03. The first-order valence-corrected chi connectivity index (χ1v) is 8.41. The third-order valence-corrected chi connectivity index (χ3v) is 4.25. The molecule has 1 unspecified atom stereocenters. The number of carbonyl (C=O) groups excluding carboxylic acids is 1. The molecule has 0 radical (unpaired) electrons. The Labute approximate surface area is 145 Å². The van der Waals surface area contributed by atoms with E-state index in [9.17, 15) is 4.79 Å². The summed E-state index contributed by atoms with van der Waals surface area (Å²) < 4.78 is 5.42. The summed E-state index contributed by atoms with van der Waals surface area (Å²) in [6.45, 7) is 8.48. The van der Waals surface area contributed by atoms with Crippen molar-refractivity contribution >= 4 is 11.6 Å². The van der Waals surface area contributed by atoms with Gasteiger partial charge in [0.25, 0.3) is 0 Å². The maximum Gasteiger partial charge on any atom is 0.232 e. The molecule has 0 aliphatic carbocycles. The zero-order valence-corrected chi connectivity index (χ0v) is 15.2. The van der Waals surface area contributed by atoms with E-state index in [2.05, 4.69) is 26.1 Å². The molecule has 2 aromatic rings. The minimum absolute atomic E-state index is 0.00643. The Morgan fingerprint density at radius 1 is 1.12 bits per heavy atom. The molecule has 0 heterocycles. The fourth-order valence-electron chi connectivity index (χ4n) is 2.75. The Bertz CT molecular complexity index is 687. The van der Waals surface area contributed by atoms with Gasteiger partial charge in [-0.25, -0.2) is 0 Å². The number of ether oxygens (including phenoxy) is 1. The lowest BCUT2D eigenvalue weighted by Crippen LogP contribution is -2.21. The van der Waals surface area contributed by atoms with E-state index in [4.69, 9.17) is 4.74 Å². The van der Waals surface area contributed by atoms with Gasteiger partial charge in [-0.3, -0.25) is 4.79 Å². The molecule has 0 bridgehead atoms. The van der Waals surface area contributed by atoms with Crippen molar-refractivity contribution in [3.8, 4) is 5.75 Å². The molecule has 3 nitrogen and oxygen atoms in total. The number of benzene rings is 2. The fourth-order valence-corrected chi connectivity index (χ4v) is 2.75. The summed E-state index contributed by atoms with van der Waals surface area (Å²) in [6, 6.07) is 15.9. The highest BCUT2D eigenvalue weighted by Crippen LogP contribution is 2.32. The predicted octanol–water partition coefficient (Wildman–Crippen LogP) is 5.13. The van der Waals surface area contributed by atoms with Crippen LogP contribution < -0.4 is 10.1 Å². The summed E-state index contributed by atoms with van der Waals surface area (Å²) in [6.07, 6.45) is 0.747. The number of hydrogen-bond donors (Lipinski definition) is 1. The molecular formula is C21H27NO2. The first-order chi connectivity index (χ1) is 11.4. The SMILES string of the molecule is CCC(C(=O)Nc1cc(C(C)(C)C)ccc1OC)c1ccccc1. The van der Waals surface area contributed by atoms with E-state index in [1.807, 2.05) is 55.5 Å². The molecule has 1 atom stereocenters. The van der Waals surface area contributed by atoms with Crippen molar-refractivity contribution in [1.29, 1.82) is 0 Å². The van der Waals surface area contributed by atoms with Gasteiger partial charge in [-0.15, -0.1) is 0 Å². The lowest BCUT2D eigenvalue weighted by Gasteiger charge is -2.22. The normalized spacial score (nSPS) is 12.5. The van der Waals surface area contributed by atoms with Crippen LogP contribution in [0.5, 0.6) is 5.75 Å². The van der Waals surface area contributed by atoms with Gasteiger partial charge in [0, 0.05) is 0 Å². The van der Waals surface area contributed by atoms with Crippen LogP contribution in [0.1, 0.15) is 51.2 Å². The van der Waals surface area contributed by atoms with Gasteiger partial charge in [-0.2, -0.15) is 0 Å². The van der Waals surface area contributed by atoms with Crippen LogP contribution >= 0.6 is 0 Å². The van der Waals surface area contributed by atoms with Crippen molar-refractivity contribution in [2.45, 2.75) is 45.4 Å². The Morgan fingerprint density at radius 2 is 1.79 bits per heavy atom. The van der Waals surface area contributed by atoms with Crippen LogP contribution in [0.15, 0.2) is 48.5 Å². The molecule has 0 aliphatic rings. The van der Waals surface area contributed by atoms with Gasteiger partial charge >= 0.3 is 0 Å². The first kappa shape index (κ1) is 18.1. The van der Waals surface area contributed by atoms with Crippen LogP contribution in [0.25, 0.3) is 0 Å². The van der Waals surface area contributed by atoms with E-state index in [-0.39, 0.29) is 17.2 Å². The molecule has 128 valence electrons. The fraction of sp³-hybridized carbons (Fsp3) is 0.381. The molecular weight excluding hydrogens is 298 g/mol. The zero-order valence-electron chi connectivity index (χ0n) is 15.2. The smallest absolute Gasteiger partial charge is 0.232 e. The number of anilines is 1. The average molecular weight is 325 g/mol. The molecule has 2 aromatic carbocycles. The van der Waals surface area contributed by atoms with Crippen molar-refractivity contribution in [3.05, 3.63) is 59.7 Å². The first-order valence-electron chi connectivity index (χ1n) is 8.41. The largest absolute Gasteiger partial charge is 0.495 e. The molecule has 0 saturated heterocycles. The van der Waals surface area contributed by atoms with E-state index in [0.29, 0.717) is 5.75 Å². The summed E-state index contributed by atoms with van der Waals surface area (Å²) in [7, 11) is 1.62. The summed E-state index contributed by atoms with van der Waals surface area (Å²) >= 11 is 0. The van der Waals surface area contributed by atoms with Crippen LogP contribution in [0.4, 0.5) is 5.69 Å².